The van der Waals surface area contributed by atoms with Crippen molar-refractivity contribution in [1.82, 2.24) is 5.06 Å². The number of benzene rings is 1. The molecular weight excluding hydrogens is 270 g/mol. The standard InChI is InChI=1S/C16H21NO4/c1-11-5-10-14(21-11)12-6-8-13(9-7-12)15(19-3)16(18)17(2)20-4/h5-9,14-15H,10H2,1-4H3. The lowest BCUT2D eigenvalue weighted by molar-refractivity contribution is -0.179. The predicted octanol–water partition coefficient (Wildman–Crippen LogP) is 2.76. The summed E-state index contributed by atoms with van der Waals surface area (Å²) >= 11 is 0. The minimum Gasteiger partial charge on any atom is -0.490 e. The highest BCUT2D eigenvalue weighted by atomic mass is 16.7. The van der Waals surface area contributed by atoms with Crippen LogP contribution in [0.25, 0.3) is 0 Å². The third-order valence-corrected chi connectivity index (χ3v) is 3.60. The van der Waals surface area contributed by atoms with E-state index in [0.29, 0.717) is 0 Å². The molecule has 0 aromatic heterocycles. The Kier molecular flexibility index (Phi) is 4.98. The number of hydrogen-bond acceptors (Lipinski definition) is 4. The summed E-state index contributed by atoms with van der Waals surface area (Å²) in [4.78, 5) is 17.0. The van der Waals surface area contributed by atoms with E-state index in [1.165, 1.54) is 14.2 Å². The number of rotatable bonds is 5. The van der Waals surface area contributed by atoms with Gasteiger partial charge in [-0.25, -0.2) is 5.06 Å². The smallest absolute Gasteiger partial charge is 0.279 e. The summed E-state index contributed by atoms with van der Waals surface area (Å²) in [6.07, 6.45) is 2.35. The molecule has 2 unspecified atom stereocenters. The molecule has 21 heavy (non-hydrogen) atoms. The number of methoxy groups -OCH3 is 1. The maximum Gasteiger partial charge on any atom is 0.279 e. The highest BCUT2D eigenvalue weighted by Gasteiger charge is 2.24. The molecule has 1 aromatic rings. The van der Waals surface area contributed by atoms with Gasteiger partial charge in [-0.05, 0) is 24.1 Å². The summed E-state index contributed by atoms with van der Waals surface area (Å²) in [7, 11) is 4.51. The summed E-state index contributed by atoms with van der Waals surface area (Å²) < 4.78 is 11.0. The Morgan fingerprint density at radius 3 is 2.48 bits per heavy atom. The Bertz CT molecular complexity index is 524. The van der Waals surface area contributed by atoms with Gasteiger partial charge in [0.1, 0.15) is 6.10 Å². The summed E-state index contributed by atoms with van der Waals surface area (Å²) in [6.45, 7) is 1.95. The van der Waals surface area contributed by atoms with Crippen molar-refractivity contribution in [1.29, 1.82) is 0 Å². The molecule has 0 saturated heterocycles. The van der Waals surface area contributed by atoms with Crippen LogP contribution in [0.4, 0.5) is 0 Å². The Morgan fingerprint density at radius 2 is 2.00 bits per heavy atom. The van der Waals surface area contributed by atoms with Crippen LogP contribution in [0.3, 0.4) is 0 Å². The molecule has 2 atom stereocenters. The van der Waals surface area contributed by atoms with Crippen molar-refractivity contribution in [3.63, 3.8) is 0 Å². The number of hydrogen-bond donors (Lipinski definition) is 0. The van der Waals surface area contributed by atoms with Crippen LogP contribution in [0.2, 0.25) is 0 Å². The fourth-order valence-corrected chi connectivity index (χ4v) is 2.32. The summed E-state index contributed by atoms with van der Waals surface area (Å²) in [5.74, 6) is 0.707. The maximum absolute atomic E-state index is 12.1. The maximum atomic E-state index is 12.1. The molecule has 0 bridgehead atoms. The van der Waals surface area contributed by atoms with Crippen LogP contribution in [0.1, 0.15) is 36.7 Å². The highest BCUT2D eigenvalue weighted by Crippen LogP contribution is 2.31. The largest absolute Gasteiger partial charge is 0.490 e. The van der Waals surface area contributed by atoms with Gasteiger partial charge in [-0.1, -0.05) is 24.3 Å². The summed E-state index contributed by atoms with van der Waals surface area (Å²) in [5, 5.41) is 1.16. The van der Waals surface area contributed by atoms with Crippen LogP contribution < -0.4 is 0 Å². The molecule has 5 nitrogen and oxygen atoms in total. The minimum absolute atomic E-state index is 0.0670. The molecule has 0 fully saturated rings. The first-order valence-electron chi connectivity index (χ1n) is 6.84. The zero-order valence-corrected chi connectivity index (χ0v) is 12.8. The van der Waals surface area contributed by atoms with Crippen molar-refractivity contribution in [2.24, 2.45) is 0 Å². The van der Waals surface area contributed by atoms with Gasteiger partial charge in [-0.3, -0.25) is 9.63 Å². The van der Waals surface area contributed by atoms with E-state index in [1.807, 2.05) is 31.2 Å². The number of carbonyl (C=O) groups excluding carboxylic acids is 1. The second kappa shape index (κ2) is 6.74. The van der Waals surface area contributed by atoms with Gasteiger partial charge < -0.3 is 9.47 Å². The van der Waals surface area contributed by atoms with E-state index in [1.54, 1.807) is 7.05 Å². The van der Waals surface area contributed by atoms with E-state index in [0.717, 1.165) is 28.4 Å². The zero-order valence-electron chi connectivity index (χ0n) is 12.8. The second-order valence-corrected chi connectivity index (χ2v) is 4.96. The first-order chi connectivity index (χ1) is 10.1. The van der Waals surface area contributed by atoms with E-state index in [4.69, 9.17) is 14.3 Å². The zero-order chi connectivity index (χ0) is 15.4. The van der Waals surface area contributed by atoms with Gasteiger partial charge in [0, 0.05) is 20.6 Å². The number of likely N-dealkylation sites (N-methyl/N-ethyl adjacent to an activating group) is 1. The normalized spacial score (nSPS) is 18.9. The molecule has 1 aromatic carbocycles. The third-order valence-electron chi connectivity index (χ3n) is 3.60. The van der Waals surface area contributed by atoms with Crippen LogP contribution in [0.5, 0.6) is 0 Å². The van der Waals surface area contributed by atoms with Crippen molar-refractivity contribution >= 4 is 5.91 Å². The molecule has 0 N–H and O–H groups in total. The van der Waals surface area contributed by atoms with E-state index < -0.39 is 6.10 Å². The average molecular weight is 291 g/mol. The van der Waals surface area contributed by atoms with E-state index in [9.17, 15) is 4.79 Å². The molecule has 114 valence electrons. The summed E-state index contributed by atoms with van der Waals surface area (Å²) in [5.41, 5.74) is 1.88. The molecular formula is C16H21NO4. The fourth-order valence-electron chi connectivity index (χ4n) is 2.32. The Labute approximate surface area is 125 Å². The first kappa shape index (κ1) is 15.5. The lowest BCUT2D eigenvalue weighted by Crippen LogP contribution is -2.31. The van der Waals surface area contributed by atoms with Crippen LogP contribution in [-0.4, -0.2) is 32.2 Å². The molecule has 0 spiro atoms. The SMILES string of the molecule is COC(C(=O)N(C)OC)c1ccc(C2CC=C(C)O2)cc1. The minimum atomic E-state index is -0.673. The van der Waals surface area contributed by atoms with E-state index in [-0.39, 0.29) is 12.0 Å². The number of carbonyl (C=O) groups is 1. The Hall–Kier alpha value is -1.85. The number of amides is 1. The number of hydroxylamine groups is 2. The van der Waals surface area contributed by atoms with Crippen LogP contribution in [0.15, 0.2) is 36.1 Å². The van der Waals surface area contributed by atoms with E-state index >= 15 is 0 Å². The topological polar surface area (TPSA) is 48.0 Å². The number of ether oxygens (including phenoxy) is 2. The molecule has 2 rings (SSSR count). The molecule has 1 aliphatic heterocycles. The second-order valence-electron chi connectivity index (χ2n) is 4.96. The monoisotopic (exact) mass is 291 g/mol. The van der Waals surface area contributed by atoms with Gasteiger partial charge in [-0.2, -0.15) is 0 Å². The summed E-state index contributed by atoms with van der Waals surface area (Å²) in [6, 6.07) is 7.72. The van der Waals surface area contributed by atoms with Crippen LogP contribution >= 0.6 is 0 Å². The van der Waals surface area contributed by atoms with Gasteiger partial charge >= 0.3 is 0 Å². The van der Waals surface area contributed by atoms with Crippen molar-refractivity contribution in [3.05, 3.63) is 47.2 Å². The van der Waals surface area contributed by atoms with Gasteiger partial charge in [-0.15, -0.1) is 0 Å². The van der Waals surface area contributed by atoms with Crippen molar-refractivity contribution in [3.8, 4) is 0 Å². The first-order valence-corrected chi connectivity index (χ1v) is 6.84. The van der Waals surface area contributed by atoms with Gasteiger partial charge in [0.15, 0.2) is 6.10 Å². The lowest BCUT2D eigenvalue weighted by Gasteiger charge is -2.21. The van der Waals surface area contributed by atoms with Gasteiger partial charge in [0.2, 0.25) is 0 Å². The molecule has 0 saturated carbocycles. The molecule has 5 heteroatoms. The van der Waals surface area contributed by atoms with Crippen molar-refractivity contribution < 1.29 is 19.1 Å². The fraction of sp³-hybridized carbons (Fsp3) is 0.438. The predicted molar refractivity (Wildman–Crippen MR) is 78.2 cm³/mol. The molecule has 0 radical (unpaired) electrons. The molecule has 1 amide bonds. The average Bonchev–Trinajstić information content (AvgIpc) is 2.94. The van der Waals surface area contributed by atoms with Crippen LogP contribution in [-0.2, 0) is 19.1 Å². The number of nitrogens with zero attached hydrogens (tertiary/aromatic N) is 1. The molecule has 1 heterocycles. The van der Waals surface area contributed by atoms with Gasteiger partial charge in [0.25, 0.3) is 5.91 Å². The van der Waals surface area contributed by atoms with E-state index in [2.05, 4.69) is 6.08 Å². The lowest BCUT2D eigenvalue weighted by atomic mass is 10.0. The highest BCUT2D eigenvalue weighted by molar-refractivity contribution is 5.81. The van der Waals surface area contributed by atoms with Crippen molar-refractivity contribution in [2.75, 3.05) is 21.3 Å². The quantitative estimate of drug-likeness (QED) is 0.783. The Morgan fingerprint density at radius 1 is 1.33 bits per heavy atom. The van der Waals surface area contributed by atoms with Gasteiger partial charge in [0.05, 0.1) is 12.9 Å². The van der Waals surface area contributed by atoms with Crippen molar-refractivity contribution in [2.45, 2.75) is 25.6 Å². The van der Waals surface area contributed by atoms with Crippen LogP contribution in [0, 0.1) is 0 Å². The molecule has 0 aliphatic carbocycles. The Balaban J connectivity index is 2.12. The third kappa shape index (κ3) is 3.43. The molecule has 1 aliphatic rings. The number of allylic oxidation sites excluding steroid dienone is 1.